The quantitative estimate of drug-likeness (QED) is 0.900. The molecule has 1 atom stereocenters. The van der Waals surface area contributed by atoms with Crippen molar-refractivity contribution in [2.75, 3.05) is 32.8 Å². The van der Waals surface area contributed by atoms with Crippen LogP contribution in [-0.4, -0.2) is 59.4 Å². The maximum Gasteiger partial charge on any atom is 0.410 e. The van der Waals surface area contributed by atoms with Crippen LogP contribution in [0.4, 0.5) is 4.79 Å². The molecule has 144 valence electrons. The Hall–Kier alpha value is -1.59. The molecule has 0 aromatic heterocycles. The van der Waals surface area contributed by atoms with E-state index in [0.29, 0.717) is 13.1 Å². The topological polar surface area (TPSA) is 53.0 Å². The second-order valence-electron chi connectivity index (χ2n) is 8.86. The lowest BCUT2D eigenvalue weighted by molar-refractivity contribution is 0.00184. The molecule has 0 bridgehead atoms. The number of amides is 1. The minimum Gasteiger partial charge on any atom is -0.444 e. The summed E-state index contributed by atoms with van der Waals surface area (Å²) in [6.07, 6.45) is 1.65. The number of carbonyl (C=O) groups is 1. The number of carbonyl (C=O) groups excluding carboxylic acids is 1. The van der Waals surface area contributed by atoms with E-state index in [4.69, 9.17) is 4.74 Å². The fourth-order valence-corrected chi connectivity index (χ4v) is 4.39. The van der Waals surface area contributed by atoms with Gasteiger partial charge in [0, 0.05) is 45.2 Å². The van der Waals surface area contributed by atoms with E-state index in [-0.39, 0.29) is 24.0 Å². The molecule has 26 heavy (non-hydrogen) atoms. The zero-order chi connectivity index (χ0) is 18.8. The summed E-state index contributed by atoms with van der Waals surface area (Å²) in [4.78, 5) is 16.6. The summed E-state index contributed by atoms with van der Waals surface area (Å²) in [6.45, 7) is 10.2. The van der Waals surface area contributed by atoms with Crippen LogP contribution in [0.25, 0.3) is 0 Å². The summed E-state index contributed by atoms with van der Waals surface area (Å²) in [5.41, 5.74) is 0.967. The van der Waals surface area contributed by atoms with Gasteiger partial charge in [0.05, 0.1) is 0 Å². The van der Waals surface area contributed by atoms with Gasteiger partial charge in [0.15, 0.2) is 0 Å². The van der Waals surface area contributed by atoms with Crippen LogP contribution < -0.4 is 0 Å². The highest BCUT2D eigenvalue weighted by Gasteiger charge is 2.48. The van der Waals surface area contributed by atoms with E-state index in [1.165, 1.54) is 5.56 Å². The fourth-order valence-electron chi connectivity index (χ4n) is 4.39. The average Bonchev–Trinajstić information content (AvgIpc) is 2.91. The first-order chi connectivity index (χ1) is 12.3. The molecule has 1 N–H and O–H groups in total. The highest BCUT2D eigenvalue weighted by molar-refractivity contribution is 5.68. The van der Waals surface area contributed by atoms with Crippen molar-refractivity contribution in [3.8, 4) is 0 Å². The van der Waals surface area contributed by atoms with Crippen molar-refractivity contribution in [1.82, 2.24) is 9.80 Å². The van der Waals surface area contributed by atoms with Crippen molar-refractivity contribution < 1.29 is 14.6 Å². The Labute approximate surface area is 156 Å². The molecule has 1 aromatic carbocycles. The first-order valence-electron chi connectivity index (χ1n) is 9.66. The molecule has 2 aliphatic heterocycles. The lowest BCUT2D eigenvalue weighted by atomic mass is 9.71. The summed E-state index contributed by atoms with van der Waals surface area (Å²) in [7, 11) is 0. The van der Waals surface area contributed by atoms with Crippen molar-refractivity contribution in [1.29, 1.82) is 0 Å². The van der Waals surface area contributed by atoms with Crippen LogP contribution in [0.3, 0.4) is 0 Å². The monoisotopic (exact) mass is 360 g/mol. The van der Waals surface area contributed by atoms with Crippen LogP contribution >= 0.6 is 0 Å². The minimum absolute atomic E-state index is 0.113. The van der Waals surface area contributed by atoms with Crippen molar-refractivity contribution in [2.45, 2.75) is 45.8 Å². The van der Waals surface area contributed by atoms with E-state index in [9.17, 15) is 9.90 Å². The van der Waals surface area contributed by atoms with Crippen molar-refractivity contribution >= 4 is 6.09 Å². The van der Waals surface area contributed by atoms with Gasteiger partial charge in [0.25, 0.3) is 0 Å². The number of hydrogen-bond acceptors (Lipinski definition) is 4. The standard InChI is InChI=1S/C21H32N2O3/c1-20(2,3)26-19(25)23-11-9-21(10-12-23)16-22(14-18(21)15-24)13-17-7-5-4-6-8-17/h4-8,18,24H,9-16H2,1-3H3. The van der Waals surface area contributed by atoms with E-state index in [0.717, 1.165) is 32.5 Å². The van der Waals surface area contributed by atoms with Crippen LogP contribution in [0.15, 0.2) is 30.3 Å². The average molecular weight is 360 g/mol. The van der Waals surface area contributed by atoms with Crippen molar-refractivity contribution in [2.24, 2.45) is 11.3 Å². The molecule has 0 saturated carbocycles. The maximum absolute atomic E-state index is 12.3. The van der Waals surface area contributed by atoms with Crippen LogP contribution in [0.5, 0.6) is 0 Å². The van der Waals surface area contributed by atoms with Crippen LogP contribution in [-0.2, 0) is 11.3 Å². The molecule has 5 nitrogen and oxygen atoms in total. The van der Waals surface area contributed by atoms with Crippen molar-refractivity contribution in [3.05, 3.63) is 35.9 Å². The predicted octanol–water partition coefficient (Wildman–Crippen LogP) is 3.13. The maximum atomic E-state index is 12.3. The first-order valence-corrected chi connectivity index (χ1v) is 9.66. The van der Waals surface area contributed by atoms with Gasteiger partial charge in [-0.25, -0.2) is 4.79 Å². The lowest BCUT2D eigenvalue weighted by Gasteiger charge is -2.42. The molecule has 1 spiro atoms. The number of piperidine rings is 1. The van der Waals surface area contributed by atoms with E-state index in [1.54, 1.807) is 0 Å². The molecule has 5 heteroatoms. The molecule has 1 unspecified atom stereocenters. The van der Waals surface area contributed by atoms with Crippen LogP contribution in [0.1, 0.15) is 39.2 Å². The summed E-state index contributed by atoms with van der Waals surface area (Å²) in [6, 6.07) is 10.5. The third-order valence-corrected chi connectivity index (χ3v) is 5.76. The first kappa shape index (κ1) is 19.2. The van der Waals surface area contributed by atoms with Gasteiger partial charge < -0.3 is 14.7 Å². The largest absolute Gasteiger partial charge is 0.444 e. The normalized spacial score (nSPS) is 23.4. The van der Waals surface area contributed by atoms with Gasteiger partial charge in [-0.3, -0.25) is 4.90 Å². The fraction of sp³-hybridized carbons (Fsp3) is 0.667. The third-order valence-electron chi connectivity index (χ3n) is 5.76. The van der Waals surface area contributed by atoms with Crippen LogP contribution in [0.2, 0.25) is 0 Å². The minimum atomic E-state index is -0.459. The number of ether oxygens (including phenoxy) is 1. The molecule has 0 aliphatic carbocycles. The highest BCUT2D eigenvalue weighted by Crippen LogP contribution is 2.45. The molecular weight excluding hydrogens is 328 g/mol. The summed E-state index contributed by atoms with van der Waals surface area (Å²) in [5, 5.41) is 9.96. The number of nitrogens with zero attached hydrogens (tertiary/aromatic N) is 2. The number of likely N-dealkylation sites (tertiary alicyclic amines) is 2. The Balaban J connectivity index is 1.60. The molecule has 1 amide bonds. The Morgan fingerprint density at radius 1 is 1.23 bits per heavy atom. The SMILES string of the molecule is CC(C)(C)OC(=O)N1CCC2(CC1)CN(Cc1ccccc1)CC2CO. The Morgan fingerprint density at radius 3 is 2.46 bits per heavy atom. The van der Waals surface area contributed by atoms with Gasteiger partial charge in [-0.05, 0) is 44.6 Å². The smallest absolute Gasteiger partial charge is 0.410 e. The number of benzene rings is 1. The van der Waals surface area contributed by atoms with E-state index < -0.39 is 5.60 Å². The van der Waals surface area contributed by atoms with Gasteiger partial charge in [-0.1, -0.05) is 30.3 Å². The molecule has 2 fully saturated rings. The molecule has 3 rings (SSSR count). The second kappa shape index (κ2) is 7.57. The summed E-state index contributed by atoms with van der Waals surface area (Å²) >= 11 is 0. The lowest BCUT2D eigenvalue weighted by Crippen LogP contribution is -2.48. The Kier molecular flexibility index (Phi) is 5.58. The third kappa shape index (κ3) is 4.38. The molecule has 2 heterocycles. The zero-order valence-electron chi connectivity index (χ0n) is 16.3. The van der Waals surface area contributed by atoms with Crippen molar-refractivity contribution in [3.63, 3.8) is 0 Å². The Morgan fingerprint density at radius 2 is 1.88 bits per heavy atom. The van der Waals surface area contributed by atoms with Gasteiger partial charge >= 0.3 is 6.09 Å². The van der Waals surface area contributed by atoms with Gasteiger partial charge in [0.1, 0.15) is 5.60 Å². The molecule has 2 saturated heterocycles. The number of aliphatic hydroxyl groups is 1. The number of hydrogen-bond donors (Lipinski definition) is 1. The van der Waals surface area contributed by atoms with Gasteiger partial charge in [-0.15, -0.1) is 0 Å². The number of rotatable bonds is 3. The highest BCUT2D eigenvalue weighted by atomic mass is 16.6. The predicted molar refractivity (Wildman–Crippen MR) is 102 cm³/mol. The van der Waals surface area contributed by atoms with E-state index in [1.807, 2.05) is 31.7 Å². The van der Waals surface area contributed by atoms with Crippen LogP contribution in [0, 0.1) is 11.3 Å². The second-order valence-corrected chi connectivity index (χ2v) is 8.86. The molecule has 1 aromatic rings. The summed E-state index contributed by atoms with van der Waals surface area (Å²) < 4.78 is 5.51. The van der Waals surface area contributed by atoms with E-state index in [2.05, 4.69) is 29.2 Å². The molecular formula is C21H32N2O3. The number of aliphatic hydroxyl groups excluding tert-OH is 1. The molecule has 0 radical (unpaired) electrons. The van der Waals surface area contributed by atoms with E-state index >= 15 is 0 Å². The van der Waals surface area contributed by atoms with Gasteiger partial charge in [0.2, 0.25) is 0 Å². The van der Waals surface area contributed by atoms with Gasteiger partial charge in [-0.2, -0.15) is 0 Å². The Bertz CT molecular complexity index is 603. The zero-order valence-corrected chi connectivity index (χ0v) is 16.3. The summed E-state index contributed by atoms with van der Waals surface area (Å²) in [5.74, 6) is 0.284. The molecule has 2 aliphatic rings.